The van der Waals surface area contributed by atoms with Gasteiger partial charge < -0.3 is 14.2 Å². The van der Waals surface area contributed by atoms with Gasteiger partial charge in [0.15, 0.2) is 6.61 Å². The molecule has 116 valence electrons. The van der Waals surface area contributed by atoms with Gasteiger partial charge in [0.1, 0.15) is 17.2 Å². The Bertz CT molecular complexity index is 600. The van der Waals surface area contributed by atoms with Crippen LogP contribution in [-0.4, -0.2) is 19.7 Å². The lowest BCUT2D eigenvalue weighted by molar-refractivity contribution is -0.136. The van der Waals surface area contributed by atoms with Crippen LogP contribution in [0.15, 0.2) is 48.5 Å². The van der Waals surface area contributed by atoms with E-state index in [0.717, 1.165) is 5.75 Å². The molecule has 2 aromatic rings. The fraction of sp³-hybridized carbons (Fsp3) is 0.278. The number of hydrogen-bond donors (Lipinski definition) is 0. The molecule has 4 heteroatoms. The highest BCUT2D eigenvalue weighted by Crippen LogP contribution is 2.19. The van der Waals surface area contributed by atoms with E-state index < -0.39 is 5.97 Å². The van der Waals surface area contributed by atoms with Crippen LogP contribution in [0, 0.1) is 0 Å². The average molecular weight is 300 g/mol. The van der Waals surface area contributed by atoms with Gasteiger partial charge in [-0.3, -0.25) is 0 Å². The Morgan fingerprint density at radius 3 is 2.00 bits per heavy atom. The summed E-state index contributed by atoms with van der Waals surface area (Å²) < 4.78 is 15.7. The average Bonchev–Trinajstić information content (AvgIpc) is 2.54. The Morgan fingerprint density at radius 1 is 0.909 bits per heavy atom. The highest BCUT2D eigenvalue weighted by molar-refractivity contribution is 5.74. The lowest BCUT2D eigenvalue weighted by Crippen LogP contribution is -2.17. The van der Waals surface area contributed by atoms with E-state index in [1.807, 2.05) is 12.1 Å². The maximum absolute atomic E-state index is 11.8. The standard InChI is InChI=1S/C18H20O4/c1-13(2)14-4-6-17(7-5-14)22-18(19)12-21-16-10-8-15(20-3)9-11-16/h4-11,13H,12H2,1-3H3. The van der Waals surface area contributed by atoms with Gasteiger partial charge in [0, 0.05) is 0 Å². The van der Waals surface area contributed by atoms with E-state index in [1.165, 1.54) is 5.56 Å². The third-order valence-corrected chi connectivity index (χ3v) is 3.19. The molecule has 0 N–H and O–H groups in total. The van der Waals surface area contributed by atoms with E-state index in [1.54, 1.807) is 43.5 Å². The van der Waals surface area contributed by atoms with Gasteiger partial charge in [-0.2, -0.15) is 0 Å². The molecule has 0 bridgehead atoms. The first-order valence-corrected chi connectivity index (χ1v) is 7.16. The summed E-state index contributed by atoms with van der Waals surface area (Å²) in [6.07, 6.45) is 0. The highest BCUT2D eigenvalue weighted by atomic mass is 16.6. The molecule has 0 atom stereocenters. The van der Waals surface area contributed by atoms with E-state index in [0.29, 0.717) is 17.4 Å². The van der Waals surface area contributed by atoms with Crippen molar-refractivity contribution >= 4 is 5.97 Å². The third-order valence-electron chi connectivity index (χ3n) is 3.19. The topological polar surface area (TPSA) is 44.8 Å². The monoisotopic (exact) mass is 300 g/mol. The predicted octanol–water partition coefficient (Wildman–Crippen LogP) is 3.80. The summed E-state index contributed by atoms with van der Waals surface area (Å²) in [5.41, 5.74) is 1.20. The minimum absolute atomic E-state index is 0.141. The van der Waals surface area contributed by atoms with Crippen LogP contribution in [0.2, 0.25) is 0 Å². The third kappa shape index (κ3) is 4.52. The maximum atomic E-state index is 11.8. The Labute approximate surface area is 130 Å². The zero-order chi connectivity index (χ0) is 15.9. The minimum Gasteiger partial charge on any atom is -0.497 e. The van der Waals surface area contributed by atoms with Gasteiger partial charge in [-0.25, -0.2) is 4.79 Å². The van der Waals surface area contributed by atoms with Gasteiger partial charge in [-0.1, -0.05) is 26.0 Å². The summed E-state index contributed by atoms with van der Waals surface area (Å²) >= 11 is 0. The molecule has 0 saturated heterocycles. The van der Waals surface area contributed by atoms with Crippen LogP contribution >= 0.6 is 0 Å². The van der Waals surface area contributed by atoms with Gasteiger partial charge in [0.05, 0.1) is 7.11 Å². The van der Waals surface area contributed by atoms with Crippen molar-refractivity contribution < 1.29 is 19.0 Å². The number of carbonyl (C=O) groups excluding carboxylic acids is 1. The van der Waals surface area contributed by atoms with Crippen molar-refractivity contribution in [3.05, 3.63) is 54.1 Å². The lowest BCUT2D eigenvalue weighted by atomic mass is 10.0. The smallest absolute Gasteiger partial charge is 0.349 e. The van der Waals surface area contributed by atoms with E-state index in [4.69, 9.17) is 14.2 Å². The first kappa shape index (κ1) is 15.9. The largest absolute Gasteiger partial charge is 0.497 e. The minimum atomic E-state index is -0.437. The molecule has 2 rings (SSSR count). The van der Waals surface area contributed by atoms with Crippen molar-refractivity contribution in [3.63, 3.8) is 0 Å². The number of hydrogen-bond acceptors (Lipinski definition) is 4. The number of esters is 1. The first-order valence-electron chi connectivity index (χ1n) is 7.16. The SMILES string of the molecule is COc1ccc(OCC(=O)Oc2ccc(C(C)C)cc2)cc1. The number of ether oxygens (including phenoxy) is 3. The van der Waals surface area contributed by atoms with Crippen molar-refractivity contribution in [2.45, 2.75) is 19.8 Å². The van der Waals surface area contributed by atoms with Crippen LogP contribution in [-0.2, 0) is 4.79 Å². The summed E-state index contributed by atoms with van der Waals surface area (Å²) in [5.74, 6) is 1.86. The summed E-state index contributed by atoms with van der Waals surface area (Å²) in [6.45, 7) is 4.09. The predicted molar refractivity (Wildman–Crippen MR) is 84.7 cm³/mol. The summed E-state index contributed by atoms with van der Waals surface area (Å²) in [6, 6.07) is 14.5. The molecular formula is C18H20O4. The second kappa shape index (κ2) is 7.50. The van der Waals surface area contributed by atoms with Gasteiger partial charge in [-0.05, 0) is 47.9 Å². The molecule has 4 nitrogen and oxygen atoms in total. The van der Waals surface area contributed by atoms with Crippen molar-refractivity contribution in [2.75, 3.05) is 13.7 Å². The maximum Gasteiger partial charge on any atom is 0.349 e. The van der Waals surface area contributed by atoms with Gasteiger partial charge in [0.25, 0.3) is 0 Å². The van der Waals surface area contributed by atoms with Crippen LogP contribution in [0.3, 0.4) is 0 Å². The molecule has 0 unspecified atom stereocenters. The summed E-state index contributed by atoms with van der Waals surface area (Å²) in [4.78, 5) is 11.8. The number of rotatable bonds is 6. The Balaban J connectivity index is 1.84. The van der Waals surface area contributed by atoms with E-state index in [9.17, 15) is 4.79 Å². The number of carbonyl (C=O) groups is 1. The number of benzene rings is 2. The van der Waals surface area contributed by atoms with Crippen molar-refractivity contribution in [1.29, 1.82) is 0 Å². The molecule has 2 aromatic carbocycles. The highest BCUT2D eigenvalue weighted by Gasteiger charge is 2.07. The molecule has 0 aliphatic rings. The van der Waals surface area contributed by atoms with Gasteiger partial charge in [-0.15, -0.1) is 0 Å². The molecule has 0 saturated carbocycles. The van der Waals surface area contributed by atoms with Gasteiger partial charge in [0.2, 0.25) is 0 Å². The quantitative estimate of drug-likeness (QED) is 0.601. The molecule has 0 aliphatic heterocycles. The lowest BCUT2D eigenvalue weighted by Gasteiger charge is -2.09. The van der Waals surface area contributed by atoms with Crippen LogP contribution in [0.5, 0.6) is 17.2 Å². The zero-order valence-corrected chi connectivity index (χ0v) is 13.0. The summed E-state index contributed by atoms with van der Waals surface area (Å²) in [5, 5.41) is 0. The molecular weight excluding hydrogens is 280 g/mol. The molecule has 0 radical (unpaired) electrons. The van der Waals surface area contributed by atoms with E-state index in [2.05, 4.69) is 13.8 Å². The Morgan fingerprint density at radius 2 is 1.45 bits per heavy atom. The van der Waals surface area contributed by atoms with Crippen molar-refractivity contribution in [3.8, 4) is 17.2 Å². The fourth-order valence-corrected chi connectivity index (χ4v) is 1.90. The van der Waals surface area contributed by atoms with Crippen LogP contribution < -0.4 is 14.2 Å². The second-order valence-electron chi connectivity index (χ2n) is 5.16. The van der Waals surface area contributed by atoms with Gasteiger partial charge >= 0.3 is 5.97 Å². The van der Waals surface area contributed by atoms with E-state index in [-0.39, 0.29) is 6.61 Å². The van der Waals surface area contributed by atoms with Crippen molar-refractivity contribution in [2.24, 2.45) is 0 Å². The van der Waals surface area contributed by atoms with Crippen LogP contribution in [0.4, 0.5) is 0 Å². The zero-order valence-electron chi connectivity index (χ0n) is 13.0. The fourth-order valence-electron chi connectivity index (χ4n) is 1.90. The van der Waals surface area contributed by atoms with E-state index >= 15 is 0 Å². The van der Waals surface area contributed by atoms with Crippen molar-refractivity contribution in [1.82, 2.24) is 0 Å². The molecule has 0 aliphatic carbocycles. The molecule has 0 amide bonds. The molecule has 0 fully saturated rings. The number of methoxy groups -OCH3 is 1. The van der Waals surface area contributed by atoms with Crippen LogP contribution in [0.1, 0.15) is 25.3 Å². The summed E-state index contributed by atoms with van der Waals surface area (Å²) in [7, 11) is 1.60. The normalized spacial score (nSPS) is 10.4. The Hall–Kier alpha value is -2.49. The second-order valence-corrected chi connectivity index (χ2v) is 5.16. The first-order chi connectivity index (χ1) is 10.6. The molecule has 0 spiro atoms. The molecule has 0 aromatic heterocycles. The Kier molecular flexibility index (Phi) is 5.42. The van der Waals surface area contributed by atoms with Crippen LogP contribution in [0.25, 0.3) is 0 Å². The molecule has 22 heavy (non-hydrogen) atoms. The molecule has 0 heterocycles.